The summed E-state index contributed by atoms with van der Waals surface area (Å²) in [6, 6.07) is 14.0. The second kappa shape index (κ2) is 7.93. The summed E-state index contributed by atoms with van der Waals surface area (Å²) in [6.07, 6.45) is 0. The molecule has 0 atom stereocenters. The van der Waals surface area contributed by atoms with Crippen LogP contribution in [0.2, 0.25) is 0 Å². The minimum absolute atomic E-state index is 0.0498. The van der Waals surface area contributed by atoms with Crippen molar-refractivity contribution in [2.45, 2.75) is 34.2 Å². The molecule has 0 unspecified atom stereocenters. The van der Waals surface area contributed by atoms with Crippen molar-refractivity contribution in [3.8, 4) is 0 Å². The lowest BCUT2D eigenvalue weighted by atomic mass is 10.0. The maximum Gasteiger partial charge on any atom is 0.255 e. The van der Waals surface area contributed by atoms with Gasteiger partial charge in [-0.05, 0) is 56.3 Å². The Morgan fingerprint density at radius 2 is 1.78 bits per heavy atom. The fraction of sp³-hybridized carbons (Fsp3) is 0.350. The van der Waals surface area contributed by atoms with Crippen LogP contribution in [0.15, 0.2) is 42.5 Å². The van der Waals surface area contributed by atoms with Gasteiger partial charge in [0.2, 0.25) is 0 Å². The molecule has 0 radical (unpaired) electrons. The number of hydrogen-bond donors (Lipinski definition) is 1. The maximum atomic E-state index is 12.5. The van der Waals surface area contributed by atoms with Gasteiger partial charge in [0.05, 0.1) is 0 Å². The number of carbonyl (C=O) groups excluding carboxylic acids is 1. The van der Waals surface area contributed by atoms with Crippen molar-refractivity contribution in [1.29, 1.82) is 0 Å². The highest BCUT2D eigenvalue weighted by Gasteiger charge is 2.10. The Kier molecular flexibility index (Phi) is 5.94. The van der Waals surface area contributed by atoms with Crippen molar-refractivity contribution in [2.24, 2.45) is 0 Å². The average molecular weight is 310 g/mol. The van der Waals surface area contributed by atoms with Gasteiger partial charge in [-0.15, -0.1) is 0 Å². The summed E-state index contributed by atoms with van der Waals surface area (Å²) in [4.78, 5) is 14.9. The molecule has 0 spiro atoms. The van der Waals surface area contributed by atoms with Gasteiger partial charge in [0.1, 0.15) is 0 Å². The SMILES string of the molecule is CCN(CC)Cc1cccc(NC(=O)c2cc(C)ccc2C)c1. The van der Waals surface area contributed by atoms with E-state index in [9.17, 15) is 4.79 Å². The van der Waals surface area contributed by atoms with Gasteiger partial charge in [0, 0.05) is 17.8 Å². The van der Waals surface area contributed by atoms with E-state index in [2.05, 4.69) is 36.2 Å². The van der Waals surface area contributed by atoms with Gasteiger partial charge in [-0.1, -0.05) is 43.7 Å². The van der Waals surface area contributed by atoms with Crippen LogP contribution in [0.4, 0.5) is 5.69 Å². The molecule has 0 saturated carbocycles. The number of aryl methyl sites for hydroxylation is 2. The van der Waals surface area contributed by atoms with E-state index in [1.807, 2.05) is 44.2 Å². The summed E-state index contributed by atoms with van der Waals surface area (Å²) in [6.45, 7) is 11.2. The molecule has 1 amide bonds. The number of carbonyl (C=O) groups is 1. The van der Waals surface area contributed by atoms with Gasteiger partial charge < -0.3 is 5.32 Å². The van der Waals surface area contributed by atoms with Gasteiger partial charge in [-0.3, -0.25) is 9.69 Å². The molecule has 0 heterocycles. The first kappa shape index (κ1) is 17.2. The zero-order valence-electron chi connectivity index (χ0n) is 14.5. The van der Waals surface area contributed by atoms with E-state index in [0.717, 1.165) is 42.0 Å². The van der Waals surface area contributed by atoms with E-state index in [0.29, 0.717) is 0 Å². The zero-order chi connectivity index (χ0) is 16.8. The van der Waals surface area contributed by atoms with Crippen molar-refractivity contribution in [3.05, 3.63) is 64.7 Å². The van der Waals surface area contributed by atoms with Crippen LogP contribution in [0, 0.1) is 13.8 Å². The van der Waals surface area contributed by atoms with Crippen LogP contribution in [0.5, 0.6) is 0 Å². The average Bonchev–Trinajstić information content (AvgIpc) is 2.55. The Hall–Kier alpha value is -2.13. The first-order valence-corrected chi connectivity index (χ1v) is 8.23. The van der Waals surface area contributed by atoms with Crippen LogP contribution in [0.3, 0.4) is 0 Å². The molecule has 1 N–H and O–H groups in total. The molecule has 0 aliphatic carbocycles. The molecule has 3 nitrogen and oxygen atoms in total. The number of nitrogens with zero attached hydrogens (tertiary/aromatic N) is 1. The third-order valence-electron chi connectivity index (χ3n) is 4.12. The molecule has 122 valence electrons. The lowest BCUT2D eigenvalue weighted by molar-refractivity contribution is 0.102. The van der Waals surface area contributed by atoms with E-state index in [1.165, 1.54) is 5.56 Å². The Morgan fingerprint density at radius 3 is 2.48 bits per heavy atom. The Morgan fingerprint density at radius 1 is 1.04 bits per heavy atom. The minimum Gasteiger partial charge on any atom is -0.322 e. The monoisotopic (exact) mass is 310 g/mol. The normalized spacial score (nSPS) is 10.8. The first-order chi connectivity index (χ1) is 11.0. The van der Waals surface area contributed by atoms with E-state index < -0.39 is 0 Å². The molecule has 0 bridgehead atoms. The first-order valence-electron chi connectivity index (χ1n) is 8.23. The topological polar surface area (TPSA) is 32.3 Å². The molecule has 0 aliphatic heterocycles. The molecule has 0 aromatic heterocycles. The van der Waals surface area contributed by atoms with Gasteiger partial charge >= 0.3 is 0 Å². The summed E-state index contributed by atoms with van der Waals surface area (Å²) < 4.78 is 0. The standard InChI is InChI=1S/C20H26N2O/c1-5-22(6-2)14-17-8-7-9-18(13-17)21-20(23)19-12-15(3)10-11-16(19)4/h7-13H,5-6,14H2,1-4H3,(H,21,23). The molecular weight excluding hydrogens is 284 g/mol. The molecule has 3 heteroatoms. The number of hydrogen-bond acceptors (Lipinski definition) is 2. The van der Waals surface area contributed by atoms with Crippen molar-refractivity contribution >= 4 is 11.6 Å². The molecule has 2 aromatic carbocycles. The van der Waals surface area contributed by atoms with Crippen LogP contribution in [0.25, 0.3) is 0 Å². The molecule has 23 heavy (non-hydrogen) atoms. The lowest BCUT2D eigenvalue weighted by Crippen LogP contribution is -2.22. The Balaban J connectivity index is 2.13. The Bertz CT molecular complexity index is 675. The molecule has 2 aromatic rings. The second-order valence-corrected chi connectivity index (χ2v) is 5.93. The van der Waals surface area contributed by atoms with Crippen molar-refractivity contribution < 1.29 is 4.79 Å². The fourth-order valence-corrected chi connectivity index (χ4v) is 2.63. The largest absolute Gasteiger partial charge is 0.322 e. The highest BCUT2D eigenvalue weighted by molar-refractivity contribution is 6.05. The maximum absolute atomic E-state index is 12.5. The number of rotatable bonds is 6. The van der Waals surface area contributed by atoms with Gasteiger partial charge in [-0.2, -0.15) is 0 Å². The highest BCUT2D eigenvalue weighted by atomic mass is 16.1. The number of anilines is 1. The number of amides is 1. The molecule has 2 rings (SSSR count). The third-order valence-corrected chi connectivity index (χ3v) is 4.12. The van der Waals surface area contributed by atoms with E-state index in [1.54, 1.807) is 0 Å². The Labute approximate surface area is 139 Å². The fourth-order valence-electron chi connectivity index (χ4n) is 2.63. The summed E-state index contributed by atoms with van der Waals surface area (Å²) in [5, 5.41) is 3.02. The van der Waals surface area contributed by atoms with Crippen LogP contribution in [-0.4, -0.2) is 23.9 Å². The highest BCUT2D eigenvalue weighted by Crippen LogP contribution is 2.16. The van der Waals surface area contributed by atoms with E-state index in [4.69, 9.17) is 0 Å². The van der Waals surface area contributed by atoms with E-state index >= 15 is 0 Å². The summed E-state index contributed by atoms with van der Waals surface area (Å²) in [5.74, 6) is -0.0498. The van der Waals surface area contributed by atoms with Gasteiger partial charge in [-0.25, -0.2) is 0 Å². The number of nitrogens with one attached hydrogen (secondary N) is 1. The smallest absolute Gasteiger partial charge is 0.255 e. The predicted octanol–water partition coefficient (Wildman–Crippen LogP) is 4.40. The van der Waals surface area contributed by atoms with Crippen molar-refractivity contribution in [2.75, 3.05) is 18.4 Å². The van der Waals surface area contributed by atoms with Crippen LogP contribution in [-0.2, 0) is 6.54 Å². The lowest BCUT2D eigenvalue weighted by Gasteiger charge is -2.18. The zero-order valence-corrected chi connectivity index (χ0v) is 14.5. The number of benzene rings is 2. The van der Waals surface area contributed by atoms with Crippen LogP contribution in [0.1, 0.15) is 40.9 Å². The summed E-state index contributed by atoms with van der Waals surface area (Å²) in [5.41, 5.74) is 4.88. The summed E-state index contributed by atoms with van der Waals surface area (Å²) >= 11 is 0. The molecule has 0 fully saturated rings. The van der Waals surface area contributed by atoms with Crippen LogP contribution >= 0.6 is 0 Å². The van der Waals surface area contributed by atoms with E-state index in [-0.39, 0.29) is 5.91 Å². The van der Waals surface area contributed by atoms with Gasteiger partial charge in [0.15, 0.2) is 0 Å². The third kappa shape index (κ3) is 4.67. The predicted molar refractivity (Wildman–Crippen MR) is 96.9 cm³/mol. The molecule has 0 aliphatic rings. The summed E-state index contributed by atoms with van der Waals surface area (Å²) in [7, 11) is 0. The van der Waals surface area contributed by atoms with Crippen LogP contribution < -0.4 is 5.32 Å². The van der Waals surface area contributed by atoms with Gasteiger partial charge in [0.25, 0.3) is 5.91 Å². The second-order valence-electron chi connectivity index (χ2n) is 5.93. The van der Waals surface area contributed by atoms with Crippen molar-refractivity contribution in [3.63, 3.8) is 0 Å². The molecule has 0 saturated heterocycles. The quantitative estimate of drug-likeness (QED) is 0.858. The van der Waals surface area contributed by atoms with Crippen molar-refractivity contribution in [1.82, 2.24) is 4.90 Å². The minimum atomic E-state index is -0.0498. The molecular formula is C20H26N2O.